The lowest BCUT2D eigenvalue weighted by Crippen LogP contribution is -2.60. The topological polar surface area (TPSA) is 105 Å². The molecule has 1 fully saturated rings. The van der Waals surface area contributed by atoms with Gasteiger partial charge in [0.25, 0.3) is 0 Å². The summed E-state index contributed by atoms with van der Waals surface area (Å²) < 4.78 is 5.64. The molecule has 2 aliphatic rings. The van der Waals surface area contributed by atoms with Gasteiger partial charge in [0, 0.05) is 5.92 Å². The highest BCUT2D eigenvalue weighted by Crippen LogP contribution is 2.44. The molecular weight excluding hydrogens is 452 g/mol. The molecule has 3 N–H and O–H groups in total. The zero-order valence-electron chi connectivity index (χ0n) is 19.2. The fraction of sp³-hybridized carbons (Fsp3) is 0.423. The van der Waals surface area contributed by atoms with Gasteiger partial charge in [0.1, 0.15) is 18.2 Å². The third-order valence-electron chi connectivity index (χ3n) is 6.79. The van der Waals surface area contributed by atoms with Crippen molar-refractivity contribution in [2.24, 2.45) is 0 Å². The number of carboxylic acid groups (broad SMARTS) is 1. The maximum absolute atomic E-state index is 13.1. The second-order valence-corrected chi connectivity index (χ2v) is 9.87. The van der Waals surface area contributed by atoms with Gasteiger partial charge >= 0.3 is 12.1 Å². The summed E-state index contributed by atoms with van der Waals surface area (Å²) in [7, 11) is 0. The van der Waals surface area contributed by atoms with E-state index in [9.17, 15) is 19.5 Å². The summed E-state index contributed by atoms with van der Waals surface area (Å²) in [6.07, 6.45) is 4.02. The Hall–Kier alpha value is -3.00. The second-order valence-electron chi connectivity index (χ2n) is 8.89. The van der Waals surface area contributed by atoms with Gasteiger partial charge in [-0.2, -0.15) is 11.8 Å². The first-order valence-electron chi connectivity index (χ1n) is 11.6. The minimum absolute atomic E-state index is 0.0746. The zero-order chi connectivity index (χ0) is 24.1. The summed E-state index contributed by atoms with van der Waals surface area (Å²) >= 11 is 1.52. The molecule has 7 nitrogen and oxygen atoms in total. The van der Waals surface area contributed by atoms with Gasteiger partial charge in [0.2, 0.25) is 5.91 Å². The molecule has 2 aromatic carbocycles. The monoisotopic (exact) mass is 482 g/mol. The van der Waals surface area contributed by atoms with Crippen molar-refractivity contribution in [1.82, 2.24) is 10.6 Å². The predicted octanol–water partition coefficient (Wildman–Crippen LogP) is 4.16. The van der Waals surface area contributed by atoms with Crippen LogP contribution < -0.4 is 10.6 Å². The number of amides is 2. The fourth-order valence-corrected chi connectivity index (χ4v) is 5.48. The summed E-state index contributed by atoms with van der Waals surface area (Å²) in [5.41, 5.74) is 3.37. The Kier molecular flexibility index (Phi) is 7.46. The quantitative estimate of drug-likeness (QED) is 0.496. The largest absolute Gasteiger partial charge is 0.480 e. The maximum atomic E-state index is 13.1. The summed E-state index contributed by atoms with van der Waals surface area (Å²) in [6.45, 7) is 0.156. The Labute approximate surface area is 203 Å². The lowest BCUT2D eigenvalue weighted by Gasteiger charge is -2.30. The molecule has 0 radical (unpaired) electrons. The van der Waals surface area contributed by atoms with Gasteiger partial charge in [-0.15, -0.1) is 0 Å². The van der Waals surface area contributed by atoms with Crippen LogP contribution in [0.2, 0.25) is 0 Å². The normalized spacial score (nSPS) is 16.9. The number of ether oxygens (including phenoxy) is 1. The van der Waals surface area contributed by atoms with Crippen LogP contribution in [0.1, 0.15) is 49.1 Å². The first-order chi connectivity index (χ1) is 16.4. The Morgan fingerprint density at radius 2 is 1.65 bits per heavy atom. The molecule has 2 aliphatic carbocycles. The van der Waals surface area contributed by atoms with Gasteiger partial charge in [-0.1, -0.05) is 61.4 Å². The highest BCUT2D eigenvalue weighted by atomic mass is 32.2. The molecule has 4 rings (SSSR count). The van der Waals surface area contributed by atoms with E-state index in [-0.39, 0.29) is 12.5 Å². The Balaban J connectivity index is 1.43. The van der Waals surface area contributed by atoms with Crippen molar-refractivity contribution in [3.63, 3.8) is 0 Å². The molecule has 1 saturated carbocycles. The first kappa shape index (κ1) is 24.1. The van der Waals surface area contributed by atoms with Crippen LogP contribution in [0.4, 0.5) is 4.79 Å². The molecule has 2 amide bonds. The number of thioether (sulfide) groups is 1. The molecule has 0 saturated heterocycles. The van der Waals surface area contributed by atoms with Crippen LogP contribution in [0, 0.1) is 0 Å². The van der Waals surface area contributed by atoms with E-state index in [1.54, 1.807) is 0 Å². The van der Waals surface area contributed by atoms with E-state index in [0.717, 1.165) is 35.1 Å². The van der Waals surface area contributed by atoms with E-state index < -0.39 is 29.6 Å². The first-order valence-corrected chi connectivity index (χ1v) is 13.0. The third kappa shape index (κ3) is 4.92. The molecule has 2 aromatic rings. The van der Waals surface area contributed by atoms with E-state index in [4.69, 9.17) is 4.74 Å². The van der Waals surface area contributed by atoms with Gasteiger partial charge in [0.15, 0.2) is 0 Å². The van der Waals surface area contributed by atoms with Crippen LogP contribution in [0.15, 0.2) is 48.5 Å². The van der Waals surface area contributed by atoms with Crippen molar-refractivity contribution in [3.05, 3.63) is 59.7 Å². The Morgan fingerprint density at radius 3 is 2.21 bits per heavy atom. The molecule has 0 aliphatic heterocycles. The molecule has 0 heterocycles. The maximum Gasteiger partial charge on any atom is 0.408 e. The van der Waals surface area contributed by atoms with Gasteiger partial charge in [-0.05, 0) is 53.5 Å². The minimum atomic E-state index is -1.14. The summed E-state index contributed by atoms with van der Waals surface area (Å²) in [5.74, 6) is -0.984. The molecule has 0 bridgehead atoms. The average molecular weight is 483 g/mol. The highest BCUT2D eigenvalue weighted by molar-refractivity contribution is 7.98. The lowest BCUT2D eigenvalue weighted by molar-refractivity contribution is -0.143. The summed E-state index contributed by atoms with van der Waals surface area (Å²) in [4.78, 5) is 37.6. The van der Waals surface area contributed by atoms with Crippen LogP contribution in [0.25, 0.3) is 11.1 Å². The number of fused-ring (bicyclic) bond motifs is 3. The third-order valence-corrected chi connectivity index (χ3v) is 7.43. The molecular formula is C26H30N2O5S. The van der Waals surface area contributed by atoms with Gasteiger partial charge in [-0.25, -0.2) is 9.59 Å². The number of hydrogen-bond donors (Lipinski definition) is 3. The number of carbonyl (C=O) groups excluding carboxylic acids is 2. The Bertz CT molecular complexity index is 1020. The van der Waals surface area contributed by atoms with Crippen molar-refractivity contribution in [2.45, 2.75) is 49.6 Å². The number of alkyl carbamates (subject to hydrolysis) is 1. The molecule has 0 aromatic heterocycles. The molecule has 34 heavy (non-hydrogen) atoms. The van der Waals surface area contributed by atoms with E-state index in [1.807, 2.05) is 42.7 Å². The fourth-order valence-electron chi connectivity index (χ4n) is 5.01. The van der Waals surface area contributed by atoms with E-state index in [2.05, 4.69) is 22.8 Å². The van der Waals surface area contributed by atoms with Crippen LogP contribution in [0.3, 0.4) is 0 Å². The molecule has 1 atom stereocenters. The van der Waals surface area contributed by atoms with Crippen LogP contribution in [0.5, 0.6) is 0 Å². The number of carbonyl (C=O) groups is 3. The zero-order valence-corrected chi connectivity index (χ0v) is 20.0. The van der Waals surface area contributed by atoms with Crippen molar-refractivity contribution in [3.8, 4) is 11.1 Å². The number of benzene rings is 2. The summed E-state index contributed by atoms with van der Waals surface area (Å²) in [5, 5.41) is 14.9. The number of hydrogen-bond acceptors (Lipinski definition) is 5. The van der Waals surface area contributed by atoms with Crippen LogP contribution >= 0.6 is 11.8 Å². The summed E-state index contributed by atoms with van der Waals surface area (Å²) in [6, 6.07) is 15.2. The standard InChI is InChI=1S/C26H30N2O5S/c1-34-15-12-22(23(29)30)27-24(31)26(13-6-7-14-26)28-25(32)33-16-21-19-10-4-2-8-17(19)18-9-3-5-11-20(18)21/h2-5,8-11,21-22H,6-7,12-16H2,1H3,(H,27,31)(H,28,32)(H,29,30)/t22-/m1/s1. The smallest absolute Gasteiger partial charge is 0.408 e. The average Bonchev–Trinajstić information content (AvgIpc) is 3.43. The van der Waals surface area contributed by atoms with Crippen molar-refractivity contribution in [1.29, 1.82) is 0 Å². The molecule has 0 spiro atoms. The van der Waals surface area contributed by atoms with Gasteiger partial charge in [0.05, 0.1) is 0 Å². The minimum Gasteiger partial charge on any atom is -0.480 e. The number of rotatable bonds is 9. The van der Waals surface area contributed by atoms with Crippen LogP contribution in [-0.4, -0.2) is 53.3 Å². The molecule has 180 valence electrons. The van der Waals surface area contributed by atoms with E-state index in [1.165, 1.54) is 11.8 Å². The van der Waals surface area contributed by atoms with E-state index in [0.29, 0.717) is 25.0 Å². The number of carboxylic acids is 1. The molecule has 0 unspecified atom stereocenters. The van der Waals surface area contributed by atoms with Gasteiger partial charge < -0.3 is 20.5 Å². The Morgan fingerprint density at radius 1 is 1.06 bits per heavy atom. The van der Waals surface area contributed by atoms with Crippen LogP contribution in [-0.2, 0) is 14.3 Å². The highest BCUT2D eigenvalue weighted by Gasteiger charge is 2.44. The SMILES string of the molecule is CSCC[C@@H](NC(=O)C1(NC(=O)OCC2c3ccccc3-c3ccccc32)CCCC1)C(=O)O. The lowest BCUT2D eigenvalue weighted by atomic mass is 9.95. The predicted molar refractivity (Wildman–Crippen MR) is 132 cm³/mol. The second kappa shape index (κ2) is 10.5. The van der Waals surface area contributed by atoms with Gasteiger partial charge in [-0.3, -0.25) is 4.79 Å². The van der Waals surface area contributed by atoms with Crippen molar-refractivity contribution < 1.29 is 24.2 Å². The van der Waals surface area contributed by atoms with Crippen molar-refractivity contribution >= 4 is 29.7 Å². The number of aliphatic carboxylic acids is 1. The number of nitrogens with one attached hydrogen (secondary N) is 2. The van der Waals surface area contributed by atoms with Crippen molar-refractivity contribution in [2.75, 3.05) is 18.6 Å². The van der Waals surface area contributed by atoms with E-state index >= 15 is 0 Å². The molecule has 8 heteroatoms.